The number of methoxy groups -OCH3 is 1. The predicted molar refractivity (Wildman–Crippen MR) is 83.9 cm³/mol. The van der Waals surface area contributed by atoms with E-state index in [4.69, 9.17) is 4.74 Å². The molecule has 19 heavy (non-hydrogen) atoms. The van der Waals surface area contributed by atoms with E-state index in [1.165, 1.54) is 22.4 Å². The van der Waals surface area contributed by atoms with Gasteiger partial charge < -0.3 is 10.1 Å². The van der Waals surface area contributed by atoms with Crippen LogP contribution in [0.2, 0.25) is 0 Å². The standard InChI is InChI=1S/C16H18BrNO/c1-11-5-4-6-15(12(11)2)18-10-13-7-8-16(19-3)14(17)9-13/h4-9,18H,10H2,1-3H3. The van der Waals surface area contributed by atoms with Gasteiger partial charge in [-0.2, -0.15) is 0 Å². The van der Waals surface area contributed by atoms with Crippen LogP contribution in [0.15, 0.2) is 40.9 Å². The molecular formula is C16H18BrNO. The predicted octanol–water partition coefficient (Wildman–Crippen LogP) is 4.69. The Morgan fingerprint density at radius 1 is 1.16 bits per heavy atom. The largest absolute Gasteiger partial charge is 0.496 e. The molecule has 0 spiro atoms. The van der Waals surface area contributed by atoms with Gasteiger partial charge in [0, 0.05) is 12.2 Å². The van der Waals surface area contributed by atoms with Gasteiger partial charge in [0.15, 0.2) is 0 Å². The second kappa shape index (κ2) is 6.11. The summed E-state index contributed by atoms with van der Waals surface area (Å²) in [7, 11) is 1.67. The van der Waals surface area contributed by atoms with E-state index in [1.54, 1.807) is 7.11 Å². The smallest absolute Gasteiger partial charge is 0.133 e. The van der Waals surface area contributed by atoms with E-state index < -0.39 is 0 Å². The molecule has 0 bridgehead atoms. The van der Waals surface area contributed by atoms with Gasteiger partial charge in [-0.1, -0.05) is 18.2 Å². The topological polar surface area (TPSA) is 21.3 Å². The van der Waals surface area contributed by atoms with Crippen molar-refractivity contribution in [3.8, 4) is 5.75 Å². The van der Waals surface area contributed by atoms with Gasteiger partial charge in [0.05, 0.1) is 11.6 Å². The first-order valence-electron chi connectivity index (χ1n) is 6.24. The van der Waals surface area contributed by atoms with Crippen molar-refractivity contribution >= 4 is 21.6 Å². The number of anilines is 1. The van der Waals surface area contributed by atoms with Crippen molar-refractivity contribution in [3.05, 3.63) is 57.6 Å². The molecule has 0 amide bonds. The number of benzene rings is 2. The van der Waals surface area contributed by atoms with E-state index in [-0.39, 0.29) is 0 Å². The van der Waals surface area contributed by atoms with Crippen molar-refractivity contribution in [3.63, 3.8) is 0 Å². The van der Waals surface area contributed by atoms with E-state index in [2.05, 4.69) is 65.4 Å². The SMILES string of the molecule is COc1ccc(CNc2cccc(C)c2C)cc1Br. The van der Waals surface area contributed by atoms with Crippen LogP contribution in [0.5, 0.6) is 5.75 Å². The van der Waals surface area contributed by atoms with E-state index in [1.807, 2.05) is 6.07 Å². The van der Waals surface area contributed by atoms with E-state index in [0.29, 0.717) is 0 Å². The van der Waals surface area contributed by atoms with Crippen LogP contribution in [-0.4, -0.2) is 7.11 Å². The molecule has 0 saturated carbocycles. The van der Waals surface area contributed by atoms with Crippen LogP contribution in [0.3, 0.4) is 0 Å². The van der Waals surface area contributed by atoms with Gasteiger partial charge in [0.25, 0.3) is 0 Å². The van der Waals surface area contributed by atoms with Crippen LogP contribution in [-0.2, 0) is 6.54 Å². The highest BCUT2D eigenvalue weighted by molar-refractivity contribution is 9.10. The summed E-state index contributed by atoms with van der Waals surface area (Å²) in [5.41, 5.74) is 5.01. The zero-order chi connectivity index (χ0) is 13.8. The number of ether oxygens (including phenoxy) is 1. The molecule has 3 heteroatoms. The maximum atomic E-state index is 5.23. The summed E-state index contributed by atoms with van der Waals surface area (Å²) in [6.07, 6.45) is 0. The van der Waals surface area contributed by atoms with Crippen LogP contribution in [0.4, 0.5) is 5.69 Å². The maximum absolute atomic E-state index is 5.23. The minimum atomic E-state index is 0.798. The Labute approximate surface area is 122 Å². The lowest BCUT2D eigenvalue weighted by Crippen LogP contribution is -2.02. The first-order valence-corrected chi connectivity index (χ1v) is 7.03. The van der Waals surface area contributed by atoms with Gasteiger partial charge in [0.1, 0.15) is 5.75 Å². The van der Waals surface area contributed by atoms with Crippen molar-refractivity contribution in [1.82, 2.24) is 0 Å². The third kappa shape index (κ3) is 3.29. The molecule has 0 radical (unpaired) electrons. The Bertz CT molecular complexity index is 581. The number of hydrogen-bond acceptors (Lipinski definition) is 2. The van der Waals surface area contributed by atoms with Gasteiger partial charge in [-0.25, -0.2) is 0 Å². The summed E-state index contributed by atoms with van der Waals surface area (Å²) in [5.74, 6) is 0.857. The van der Waals surface area contributed by atoms with E-state index in [0.717, 1.165) is 16.8 Å². The maximum Gasteiger partial charge on any atom is 0.133 e. The third-order valence-corrected chi connectivity index (χ3v) is 3.92. The van der Waals surface area contributed by atoms with E-state index in [9.17, 15) is 0 Å². The Hall–Kier alpha value is -1.48. The van der Waals surface area contributed by atoms with Crippen LogP contribution in [0.1, 0.15) is 16.7 Å². The number of hydrogen-bond donors (Lipinski definition) is 1. The summed E-state index contributed by atoms with van der Waals surface area (Å²) in [5, 5.41) is 3.47. The van der Waals surface area contributed by atoms with E-state index >= 15 is 0 Å². The molecule has 0 heterocycles. The first kappa shape index (κ1) is 13.9. The lowest BCUT2D eigenvalue weighted by atomic mass is 10.1. The zero-order valence-electron chi connectivity index (χ0n) is 11.5. The molecule has 0 aliphatic rings. The molecule has 0 unspecified atom stereocenters. The highest BCUT2D eigenvalue weighted by Crippen LogP contribution is 2.26. The normalized spacial score (nSPS) is 10.3. The van der Waals surface area contributed by atoms with Crippen LogP contribution in [0, 0.1) is 13.8 Å². The van der Waals surface area contributed by atoms with Crippen molar-refractivity contribution in [2.45, 2.75) is 20.4 Å². The fourth-order valence-corrected chi connectivity index (χ4v) is 2.55. The van der Waals surface area contributed by atoms with Gasteiger partial charge in [-0.05, 0) is 64.7 Å². The van der Waals surface area contributed by atoms with Crippen LogP contribution in [0.25, 0.3) is 0 Å². The molecule has 100 valence electrons. The van der Waals surface area contributed by atoms with Gasteiger partial charge in [-0.15, -0.1) is 0 Å². The Kier molecular flexibility index (Phi) is 4.48. The van der Waals surface area contributed by atoms with Crippen LogP contribution >= 0.6 is 15.9 Å². The highest BCUT2D eigenvalue weighted by atomic mass is 79.9. The average molecular weight is 320 g/mol. The molecule has 0 fully saturated rings. The molecule has 0 aliphatic carbocycles. The minimum Gasteiger partial charge on any atom is -0.496 e. The average Bonchev–Trinajstić information content (AvgIpc) is 2.40. The lowest BCUT2D eigenvalue weighted by molar-refractivity contribution is 0.412. The Balaban J connectivity index is 2.10. The fourth-order valence-electron chi connectivity index (χ4n) is 1.96. The fraction of sp³-hybridized carbons (Fsp3) is 0.250. The Morgan fingerprint density at radius 3 is 2.63 bits per heavy atom. The molecule has 0 aliphatic heterocycles. The van der Waals surface area contributed by atoms with Gasteiger partial charge in [0.2, 0.25) is 0 Å². The molecule has 0 atom stereocenters. The molecular weight excluding hydrogens is 302 g/mol. The third-order valence-electron chi connectivity index (χ3n) is 3.30. The van der Waals surface area contributed by atoms with Gasteiger partial charge in [-0.3, -0.25) is 0 Å². The number of nitrogens with one attached hydrogen (secondary N) is 1. The zero-order valence-corrected chi connectivity index (χ0v) is 13.0. The summed E-state index contributed by atoms with van der Waals surface area (Å²) >= 11 is 3.51. The second-order valence-electron chi connectivity index (χ2n) is 4.57. The van der Waals surface area contributed by atoms with Crippen molar-refractivity contribution < 1.29 is 4.74 Å². The van der Waals surface area contributed by atoms with Crippen molar-refractivity contribution in [2.24, 2.45) is 0 Å². The molecule has 0 saturated heterocycles. The molecule has 2 rings (SSSR count). The molecule has 0 aromatic heterocycles. The van der Waals surface area contributed by atoms with Crippen molar-refractivity contribution in [1.29, 1.82) is 0 Å². The summed E-state index contributed by atoms with van der Waals surface area (Å²) < 4.78 is 6.21. The second-order valence-corrected chi connectivity index (χ2v) is 5.42. The Morgan fingerprint density at radius 2 is 1.95 bits per heavy atom. The number of aryl methyl sites for hydroxylation is 1. The molecule has 2 aromatic rings. The van der Waals surface area contributed by atoms with Crippen LogP contribution < -0.4 is 10.1 Å². The number of rotatable bonds is 4. The minimum absolute atomic E-state index is 0.798. The summed E-state index contributed by atoms with van der Waals surface area (Å²) in [6.45, 7) is 5.07. The summed E-state index contributed by atoms with van der Waals surface area (Å²) in [4.78, 5) is 0. The first-order chi connectivity index (χ1) is 9.11. The van der Waals surface area contributed by atoms with Gasteiger partial charge >= 0.3 is 0 Å². The molecule has 2 aromatic carbocycles. The monoisotopic (exact) mass is 319 g/mol. The molecule has 1 N–H and O–H groups in total. The quantitative estimate of drug-likeness (QED) is 0.883. The summed E-state index contributed by atoms with van der Waals surface area (Å²) in [6, 6.07) is 12.4. The lowest BCUT2D eigenvalue weighted by Gasteiger charge is -2.12. The highest BCUT2D eigenvalue weighted by Gasteiger charge is 2.03. The number of halogens is 1. The molecule has 2 nitrogen and oxygen atoms in total. The van der Waals surface area contributed by atoms with Crippen molar-refractivity contribution in [2.75, 3.05) is 12.4 Å².